The molecule has 9 nitrogen and oxygen atoms in total. The molecule has 0 radical (unpaired) electrons. The quantitative estimate of drug-likeness (QED) is 0.562. The van der Waals surface area contributed by atoms with Gasteiger partial charge in [0, 0.05) is 51.1 Å². The predicted molar refractivity (Wildman–Crippen MR) is 135 cm³/mol. The fourth-order valence-electron chi connectivity index (χ4n) is 4.75. The van der Waals surface area contributed by atoms with E-state index in [2.05, 4.69) is 30.1 Å². The number of nitrogens with zero attached hydrogens (tertiary/aromatic N) is 4. The second-order valence-corrected chi connectivity index (χ2v) is 9.74. The molecule has 0 aliphatic carbocycles. The Morgan fingerprint density at radius 1 is 1.17 bits per heavy atom. The number of amides is 1. The number of hydrogen-bond acceptors (Lipinski definition) is 7. The van der Waals surface area contributed by atoms with Crippen LogP contribution in [0.1, 0.15) is 41.9 Å². The van der Waals surface area contributed by atoms with Crippen LogP contribution in [0.25, 0.3) is 11.0 Å². The van der Waals surface area contributed by atoms with Crippen molar-refractivity contribution >= 4 is 22.6 Å². The van der Waals surface area contributed by atoms with Crippen molar-refractivity contribution in [2.45, 2.75) is 38.8 Å². The third kappa shape index (κ3) is 5.21. The molecule has 2 aliphatic rings. The lowest BCUT2D eigenvalue weighted by atomic mass is 10.0. The number of carbonyl (C=O) groups excluding carboxylic acids is 1. The van der Waals surface area contributed by atoms with E-state index in [1.165, 1.54) is 0 Å². The summed E-state index contributed by atoms with van der Waals surface area (Å²) in [6.07, 6.45) is 5.19. The van der Waals surface area contributed by atoms with Crippen LogP contribution in [0.2, 0.25) is 0 Å². The number of piperazine rings is 1. The minimum atomic E-state index is -0.317. The SMILES string of the molecule is CCc1cc2ncc(CN3CCN(c4ccc(C(=O)NC5(C)CCOC5)nc4)CC3)cc2[nH]c1=O. The summed E-state index contributed by atoms with van der Waals surface area (Å²) >= 11 is 0. The molecule has 9 heteroatoms. The molecule has 2 fully saturated rings. The Bertz CT molecular complexity index is 1260. The summed E-state index contributed by atoms with van der Waals surface area (Å²) in [7, 11) is 0. The molecule has 0 bridgehead atoms. The maximum atomic E-state index is 12.6. The number of aromatic amines is 1. The van der Waals surface area contributed by atoms with Crippen LogP contribution < -0.4 is 15.8 Å². The van der Waals surface area contributed by atoms with Crippen molar-refractivity contribution in [3.63, 3.8) is 0 Å². The maximum absolute atomic E-state index is 12.6. The molecule has 0 aromatic carbocycles. The van der Waals surface area contributed by atoms with Crippen molar-refractivity contribution in [3.05, 3.63) is 63.8 Å². The first-order chi connectivity index (χ1) is 16.9. The lowest BCUT2D eigenvalue weighted by molar-refractivity contribution is 0.0885. The number of anilines is 1. The summed E-state index contributed by atoms with van der Waals surface area (Å²) in [5.74, 6) is -0.161. The number of fused-ring (bicyclic) bond motifs is 1. The lowest BCUT2D eigenvalue weighted by Gasteiger charge is -2.36. The van der Waals surface area contributed by atoms with Crippen molar-refractivity contribution in [1.82, 2.24) is 25.2 Å². The molecule has 1 unspecified atom stereocenters. The van der Waals surface area contributed by atoms with Gasteiger partial charge in [-0.2, -0.15) is 0 Å². The third-order valence-corrected chi connectivity index (χ3v) is 6.97. The Morgan fingerprint density at radius 2 is 2.00 bits per heavy atom. The second-order valence-electron chi connectivity index (χ2n) is 9.74. The molecule has 35 heavy (non-hydrogen) atoms. The highest BCUT2D eigenvalue weighted by Gasteiger charge is 2.31. The van der Waals surface area contributed by atoms with Crippen LogP contribution in [0.5, 0.6) is 0 Å². The van der Waals surface area contributed by atoms with Gasteiger partial charge in [0.1, 0.15) is 5.69 Å². The fraction of sp³-hybridized carbons (Fsp3) is 0.462. The van der Waals surface area contributed by atoms with Gasteiger partial charge in [-0.3, -0.25) is 19.5 Å². The highest BCUT2D eigenvalue weighted by atomic mass is 16.5. The number of H-pyrrole nitrogens is 1. The van der Waals surface area contributed by atoms with Gasteiger partial charge in [-0.25, -0.2) is 4.98 Å². The summed E-state index contributed by atoms with van der Waals surface area (Å²) in [6.45, 7) is 9.53. The predicted octanol–water partition coefficient (Wildman–Crippen LogP) is 2.11. The monoisotopic (exact) mass is 476 g/mol. The molecule has 3 aromatic heterocycles. The molecular formula is C26H32N6O3. The number of hydrogen-bond donors (Lipinski definition) is 2. The van der Waals surface area contributed by atoms with E-state index in [0.29, 0.717) is 25.3 Å². The van der Waals surface area contributed by atoms with Crippen LogP contribution >= 0.6 is 0 Å². The van der Waals surface area contributed by atoms with Gasteiger partial charge in [-0.05, 0) is 49.6 Å². The third-order valence-electron chi connectivity index (χ3n) is 6.97. The molecule has 5 heterocycles. The number of aromatic nitrogens is 3. The first kappa shape index (κ1) is 23.4. The van der Waals surface area contributed by atoms with E-state index >= 15 is 0 Å². The van der Waals surface area contributed by atoms with Gasteiger partial charge in [-0.15, -0.1) is 0 Å². The first-order valence-corrected chi connectivity index (χ1v) is 12.3. The molecule has 1 atom stereocenters. The molecule has 0 spiro atoms. The van der Waals surface area contributed by atoms with Crippen molar-refractivity contribution < 1.29 is 9.53 Å². The Morgan fingerprint density at radius 3 is 2.69 bits per heavy atom. The zero-order valence-corrected chi connectivity index (χ0v) is 20.3. The number of ether oxygens (including phenoxy) is 1. The van der Waals surface area contributed by atoms with Gasteiger partial charge >= 0.3 is 0 Å². The summed E-state index contributed by atoms with van der Waals surface area (Å²) in [4.78, 5) is 41.3. The lowest BCUT2D eigenvalue weighted by Crippen LogP contribution is -2.47. The van der Waals surface area contributed by atoms with Crippen molar-refractivity contribution in [2.24, 2.45) is 0 Å². The van der Waals surface area contributed by atoms with Crippen molar-refractivity contribution in [2.75, 3.05) is 44.3 Å². The van der Waals surface area contributed by atoms with E-state index in [-0.39, 0.29) is 17.0 Å². The normalized spacial score (nSPS) is 20.9. The van der Waals surface area contributed by atoms with Crippen LogP contribution in [0.3, 0.4) is 0 Å². The van der Waals surface area contributed by atoms with Gasteiger partial charge in [0.05, 0.1) is 35.1 Å². The number of aryl methyl sites for hydroxylation is 1. The zero-order valence-electron chi connectivity index (χ0n) is 20.3. The standard InChI is InChI=1S/C26H32N6O3/c1-3-19-13-22-23(29-24(19)33)12-18(14-27-22)16-31-7-9-32(10-8-31)20-4-5-21(28-15-20)25(34)30-26(2)6-11-35-17-26/h4-5,12-15H,3,6-11,16-17H2,1-2H3,(H,29,33)(H,30,34). The molecule has 1 amide bonds. The average Bonchev–Trinajstić information content (AvgIpc) is 3.30. The average molecular weight is 477 g/mol. The molecule has 5 rings (SSSR count). The second kappa shape index (κ2) is 9.75. The van der Waals surface area contributed by atoms with Crippen LogP contribution in [-0.4, -0.2) is 70.7 Å². The van der Waals surface area contributed by atoms with Crippen LogP contribution in [0, 0.1) is 0 Å². The summed E-state index contributed by atoms with van der Waals surface area (Å²) in [5, 5.41) is 3.05. The topological polar surface area (TPSA) is 103 Å². The Balaban J connectivity index is 1.16. The Hall–Kier alpha value is -3.30. The van der Waals surface area contributed by atoms with Gasteiger partial charge in [0.2, 0.25) is 0 Å². The van der Waals surface area contributed by atoms with Crippen molar-refractivity contribution in [1.29, 1.82) is 0 Å². The summed E-state index contributed by atoms with van der Waals surface area (Å²) in [6, 6.07) is 7.67. The van der Waals surface area contributed by atoms with Gasteiger partial charge in [-0.1, -0.05) is 6.92 Å². The van der Waals surface area contributed by atoms with Gasteiger partial charge in [0.15, 0.2) is 0 Å². The number of nitrogens with one attached hydrogen (secondary N) is 2. The van der Waals surface area contributed by atoms with Crippen molar-refractivity contribution in [3.8, 4) is 0 Å². The molecule has 2 aliphatic heterocycles. The smallest absolute Gasteiger partial charge is 0.270 e. The highest BCUT2D eigenvalue weighted by molar-refractivity contribution is 5.93. The molecule has 2 saturated heterocycles. The minimum absolute atomic E-state index is 0.0357. The largest absolute Gasteiger partial charge is 0.379 e. The van der Waals surface area contributed by atoms with E-state index < -0.39 is 0 Å². The number of pyridine rings is 3. The first-order valence-electron chi connectivity index (χ1n) is 12.3. The van der Waals surface area contributed by atoms with E-state index in [1.807, 2.05) is 38.2 Å². The molecule has 3 aromatic rings. The van der Waals surface area contributed by atoms with E-state index in [9.17, 15) is 9.59 Å². The van der Waals surface area contributed by atoms with Crippen LogP contribution in [0.15, 0.2) is 41.5 Å². The summed E-state index contributed by atoms with van der Waals surface area (Å²) in [5.41, 5.74) is 4.55. The van der Waals surface area contributed by atoms with Crippen LogP contribution in [-0.2, 0) is 17.7 Å². The van der Waals surface area contributed by atoms with Crippen LogP contribution in [0.4, 0.5) is 5.69 Å². The number of carbonyl (C=O) groups is 1. The molecule has 2 N–H and O–H groups in total. The van der Waals surface area contributed by atoms with Gasteiger partial charge < -0.3 is 19.9 Å². The fourth-order valence-corrected chi connectivity index (χ4v) is 4.75. The van der Waals surface area contributed by atoms with E-state index in [1.54, 1.807) is 12.3 Å². The molecular weight excluding hydrogens is 444 g/mol. The van der Waals surface area contributed by atoms with E-state index in [0.717, 1.165) is 67.0 Å². The Kier molecular flexibility index (Phi) is 6.53. The summed E-state index contributed by atoms with van der Waals surface area (Å²) < 4.78 is 5.41. The van der Waals surface area contributed by atoms with Gasteiger partial charge in [0.25, 0.3) is 11.5 Å². The van der Waals surface area contributed by atoms with E-state index in [4.69, 9.17) is 4.74 Å². The maximum Gasteiger partial charge on any atom is 0.270 e. The number of rotatable bonds is 6. The minimum Gasteiger partial charge on any atom is -0.379 e. The zero-order chi connectivity index (χ0) is 24.4. The highest BCUT2D eigenvalue weighted by Crippen LogP contribution is 2.20. The molecule has 184 valence electrons. The Labute approximate surface area is 204 Å². The molecule has 0 saturated carbocycles.